The first-order valence-corrected chi connectivity index (χ1v) is 6.12. The quantitative estimate of drug-likeness (QED) is 0.267. The molecule has 1 rings (SSSR count). The summed E-state index contributed by atoms with van der Waals surface area (Å²) in [7, 11) is 0. The van der Waals surface area contributed by atoms with Gasteiger partial charge in [0.05, 0.1) is 5.97 Å². The van der Waals surface area contributed by atoms with Gasteiger partial charge in [-0.25, -0.2) is 0 Å². The monoisotopic (exact) mass is 522 g/mol. The van der Waals surface area contributed by atoms with E-state index in [-0.39, 0.29) is 35.1 Å². The summed E-state index contributed by atoms with van der Waals surface area (Å²) in [5.41, 5.74) is 0.264. The summed E-state index contributed by atoms with van der Waals surface area (Å²) in [6, 6.07) is 3.45. The minimum Gasteiger partial charge on any atom is -0.545 e. The van der Waals surface area contributed by atoms with Crippen molar-refractivity contribution in [1.82, 2.24) is 0 Å². The molecule has 0 atom stereocenters. The fourth-order valence-electron chi connectivity index (χ4n) is 0.679. The second kappa shape index (κ2) is 6.46. The molecule has 2 nitrogen and oxygen atoms in total. The Hall–Kier alpha value is 1.88. The Labute approximate surface area is 139 Å². The molecule has 0 unspecified atom stereocenters. The van der Waals surface area contributed by atoms with Gasteiger partial charge in [0.15, 0.2) is 0 Å². The zero-order chi connectivity index (χ0) is 9.30. The van der Waals surface area contributed by atoms with Crippen LogP contribution in [0.5, 0.6) is 0 Å². The Bertz CT molecular complexity index is 341. The molecule has 0 saturated heterocycles. The van der Waals surface area contributed by atoms with Crippen molar-refractivity contribution in [2.45, 2.75) is 0 Å². The predicted molar refractivity (Wildman–Crippen MR) is 68.9 cm³/mol. The zero-order valence-corrected chi connectivity index (χ0v) is 15.1. The van der Waals surface area contributed by atoms with Gasteiger partial charge >= 0.3 is 29.6 Å². The maximum absolute atomic E-state index is 10.6. The Morgan fingerprint density at radius 2 is 1.54 bits per heavy atom. The summed E-state index contributed by atoms with van der Waals surface area (Å²) in [6.45, 7) is 0. The predicted octanol–water partition coefficient (Wildman–Crippen LogP) is -1.13. The van der Waals surface area contributed by atoms with Gasteiger partial charge in [0.2, 0.25) is 0 Å². The molecule has 0 saturated carbocycles. The molecule has 6 heteroatoms. The molecule has 0 amide bonds. The minimum atomic E-state index is -1.12. The van der Waals surface area contributed by atoms with Gasteiger partial charge in [-0.05, 0) is 79.9 Å². The number of halogens is 3. The molecule has 64 valence electrons. The number of carboxylic acid groups (broad SMARTS) is 1. The van der Waals surface area contributed by atoms with E-state index >= 15 is 0 Å². The number of rotatable bonds is 1. The van der Waals surface area contributed by atoms with Crippen molar-refractivity contribution in [1.29, 1.82) is 0 Å². The zero-order valence-electron chi connectivity index (χ0n) is 6.61. The molecule has 0 aliphatic rings. The summed E-state index contributed by atoms with van der Waals surface area (Å²) < 4.78 is 2.72. The molecular formula is C7H2I3NaO2. The molecular weight excluding hydrogens is 520 g/mol. The Balaban J connectivity index is 0.00000144. The number of benzene rings is 1. The Morgan fingerprint density at radius 1 is 1.08 bits per heavy atom. The molecule has 0 N–H and O–H groups in total. The van der Waals surface area contributed by atoms with Gasteiger partial charge in [0.25, 0.3) is 0 Å². The number of aromatic carboxylic acids is 1. The van der Waals surface area contributed by atoms with E-state index < -0.39 is 5.97 Å². The first kappa shape index (κ1) is 14.9. The maximum atomic E-state index is 10.6. The molecule has 0 aromatic heterocycles. The van der Waals surface area contributed by atoms with Crippen LogP contribution in [-0.2, 0) is 0 Å². The summed E-state index contributed by atoms with van der Waals surface area (Å²) in [4.78, 5) is 10.6. The molecule has 0 aliphatic heterocycles. The third-order valence-electron chi connectivity index (χ3n) is 1.23. The first-order valence-electron chi connectivity index (χ1n) is 2.88. The average molecular weight is 522 g/mol. The topological polar surface area (TPSA) is 40.1 Å². The SMILES string of the molecule is O=C([O-])c1cc(I)c(I)cc1I.[Na+]. The Morgan fingerprint density at radius 3 is 2.00 bits per heavy atom. The van der Waals surface area contributed by atoms with Crippen molar-refractivity contribution in [3.05, 3.63) is 28.4 Å². The van der Waals surface area contributed by atoms with Crippen LogP contribution in [0.25, 0.3) is 0 Å². The largest absolute Gasteiger partial charge is 1.00 e. The molecule has 0 spiro atoms. The van der Waals surface area contributed by atoms with E-state index in [0.29, 0.717) is 0 Å². The average Bonchev–Trinajstić information content (AvgIpc) is 1.96. The van der Waals surface area contributed by atoms with Crippen LogP contribution in [0.3, 0.4) is 0 Å². The second-order valence-corrected chi connectivity index (χ2v) is 5.52. The third kappa shape index (κ3) is 4.09. The van der Waals surface area contributed by atoms with Crippen molar-refractivity contribution >= 4 is 73.7 Å². The van der Waals surface area contributed by atoms with E-state index in [1.54, 1.807) is 6.07 Å². The number of carbonyl (C=O) groups excluding carboxylic acids is 1. The van der Waals surface area contributed by atoms with Crippen molar-refractivity contribution in [3.63, 3.8) is 0 Å². The first-order chi connectivity index (χ1) is 5.52. The van der Waals surface area contributed by atoms with E-state index in [9.17, 15) is 9.90 Å². The molecule has 0 fully saturated rings. The van der Waals surface area contributed by atoms with Crippen LogP contribution in [0.1, 0.15) is 10.4 Å². The van der Waals surface area contributed by atoms with Crippen LogP contribution in [0.2, 0.25) is 0 Å². The van der Waals surface area contributed by atoms with Crippen LogP contribution in [0, 0.1) is 10.7 Å². The summed E-state index contributed by atoms with van der Waals surface area (Å²) >= 11 is 6.25. The maximum Gasteiger partial charge on any atom is 1.00 e. The van der Waals surface area contributed by atoms with Crippen molar-refractivity contribution < 1.29 is 39.5 Å². The van der Waals surface area contributed by atoms with Gasteiger partial charge in [0.1, 0.15) is 0 Å². The molecule has 1 aromatic rings. The van der Waals surface area contributed by atoms with Crippen molar-refractivity contribution in [2.75, 3.05) is 0 Å². The standard InChI is InChI=1S/C7H3I3O2.Na/c8-4-2-6(10)5(9)1-3(4)7(11)12;/h1-2H,(H,11,12);/q;+1/p-1. The number of hydrogen-bond acceptors (Lipinski definition) is 2. The summed E-state index contributed by atoms with van der Waals surface area (Å²) in [5, 5.41) is 10.6. The van der Waals surface area contributed by atoms with Gasteiger partial charge in [-0.1, -0.05) is 0 Å². The molecule has 13 heavy (non-hydrogen) atoms. The van der Waals surface area contributed by atoms with E-state index in [0.717, 1.165) is 10.7 Å². The number of hydrogen-bond donors (Lipinski definition) is 0. The van der Waals surface area contributed by atoms with Gasteiger partial charge in [-0.15, -0.1) is 0 Å². The minimum absolute atomic E-state index is 0. The van der Waals surface area contributed by atoms with Crippen LogP contribution in [0.15, 0.2) is 12.1 Å². The van der Waals surface area contributed by atoms with Crippen molar-refractivity contribution in [2.24, 2.45) is 0 Å². The molecule has 0 bridgehead atoms. The fraction of sp³-hybridized carbons (Fsp3) is 0. The summed E-state index contributed by atoms with van der Waals surface area (Å²) in [6.07, 6.45) is 0. The molecule has 0 radical (unpaired) electrons. The normalized spacial score (nSPS) is 9.15. The van der Waals surface area contributed by atoms with Crippen LogP contribution in [0.4, 0.5) is 0 Å². The van der Waals surface area contributed by atoms with E-state index in [1.807, 2.05) is 28.7 Å². The Kier molecular flexibility index (Phi) is 7.39. The smallest absolute Gasteiger partial charge is 0.545 e. The molecule has 0 aliphatic carbocycles. The third-order valence-corrected chi connectivity index (χ3v) is 4.94. The van der Waals surface area contributed by atoms with Gasteiger partial charge in [0, 0.05) is 16.3 Å². The second-order valence-electron chi connectivity index (χ2n) is 2.03. The molecule has 0 heterocycles. The van der Waals surface area contributed by atoms with Crippen LogP contribution < -0.4 is 34.7 Å². The van der Waals surface area contributed by atoms with E-state index in [2.05, 4.69) is 45.2 Å². The van der Waals surface area contributed by atoms with Gasteiger partial charge in [-0.3, -0.25) is 0 Å². The van der Waals surface area contributed by atoms with Gasteiger partial charge < -0.3 is 9.90 Å². The van der Waals surface area contributed by atoms with E-state index in [1.165, 1.54) is 0 Å². The number of carboxylic acids is 1. The van der Waals surface area contributed by atoms with Crippen molar-refractivity contribution in [3.8, 4) is 0 Å². The molecule has 1 aromatic carbocycles. The van der Waals surface area contributed by atoms with E-state index in [4.69, 9.17) is 0 Å². The fourth-order valence-corrected chi connectivity index (χ4v) is 2.90. The van der Waals surface area contributed by atoms with Crippen LogP contribution >= 0.6 is 67.8 Å². The summed E-state index contributed by atoms with van der Waals surface area (Å²) in [5.74, 6) is -1.12. The van der Waals surface area contributed by atoms with Gasteiger partial charge in [-0.2, -0.15) is 0 Å². The number of carbonyl (C=O) groups is 1. The van der Waals surface area contributed by atoms with Crippen LogP contribution in [-0.4, -0.2) is 5.97 Å².